The van der Waals surface area contributed by atoms with Crippen LogP contribution in [0.2, 0.25) is 0 Å². The molecular formula is C15H23N3O2S. The van der Waals surface area contributed by atoms with Crippen molar-refractivity contribution >= 4 is 23.3 Å². The predicted molar refractivity (Wildman–Crippen MR) is 87.4 cm³/mol. The molecule has 0 spiro atoms. The highest BCUT2D eigenvalue weighted by molar-refractivity contribution is 7.99. The van der Waals surface area contributed by atoms with Crippen LogP contribution >= 0.6 is 11.8 Å². The number of hydrogen-bond acceptors (Lipinski definition) is 5. The van der Waals surface area contributed by atoms with Crippen LogP contribution < -0.4 is 10.6 Å². The summed E-state index contributed by atoms with van der Waals surface area (Å²) in [6.45, 7) is 4.17. The van der Waals surface area contributed by atoms with E-state index in [9.17, 15) is 0 Å². The van der Waals surface area contributed by atoms with Crippen molar-refractivity contribution in [2.24, 2.45) is 16.8 Å². The molecule has 116 valence electrons. The highest BCUT2D eigenvalue weighted by Crippen LogP contribution is 2.34. The molecule has 1 aromatic rings. The van der Waals surface area contributed by atoms with Gasteiger partial charge in [-0.25, -0.2) is 0 Å². The highest BCUT2D eigenvalue weighted by atomic mass is 32.2. The fraction of sp³-hybridized carbons (Fsp3) is 0.533. The molecule has 0 amide bonds. The second kappa shape index (κ2) is 7.56. The van der Waals surface area contributed by atoms with Crippen LogP contribution in [0.4, 0.5) is 5.69 Å². The maximum Gasteiger partial charge on any atom is 0.173 e. The van der Waals surface area contributed by atoms with Gasteiger partial charge in [-0.05, 0) is 36.6 Å². The molecule has 1 fully saturated rings. The first kappa shape index (κ1) is 16.0. The third-order valence-electron chi connectivity index (χ3n) is 3.83. The molecule has 0 saturated carbocycles. The van der Waals surface area contributed by atoms with E-state index >= 15 is 0 Å². The Balaban J connectivity index is 2.33. The van der Waals surface area contributed by atoms with Crippen LogP contribution in [0, 0.1) is 5.92 Å². The van der Waals surface area contributed by atoms with Gasteiger partial charge in [0.25, 0.3) is 0 Å². The van der Waals surface area contributed by atoms with Crippen LogP contribution in [0.25, 0.3) is 0 Å². The molecule has 0 aliphatic carbocycles. The number of aliphatic hydroxyl groups is 1. The molecule has 5 nitrogen and oxygen atoms in total. The summed E-state index contributed by atoms with van der Waals surface area (Å²) in [6.07, 6.45) is 1.90. The number of amidine groups is 1. The van der Waals surface area contributed by atoms with Gasteiger partial charge in [-0.1, -0.05) is 18.1 Å². The van der Waals surface area contributed by atoms with Crippen LogP contribution in [0.15, 0.2) is 28.3 Å². The fourth-order valence-electron chi connectivity index (χ4n) is 2.84. The van der Waals surface area contributed by atoms with Crippen molar-refractivity contribution in [3.05, 3.63) is 23.8 Å². The largest absolute Gasteiger partial charge is 0.409 e. The Hall–Kier alpha value is -1.40. The second-order valence-corrected chi connectivity index (χ2v) is 6.49. The van der Waals surface area contributed by atoms with E-state index in [4.69, 9.17) is 16.0 Å². The maximum absolute atomic E-state index is 9.09. The van der Waals surface area contributed by atoms with Crippen LogP contribution in [0.3, 0.4) is 0 Å². The van der Waals surface area contributed by atoms with Gasteiger partial charge in [0, 0.05) is 30.3 Å². The van der Waals surface area contributed by atoms with Crippen LogP contribution in [0.5, 0.6) is 0 Å². The average Bonchev–Trinajstić information content (AvgIpc) is 2.95. The van der Waals surface area contributed by atoms with Gasteiger partial charge in [-0.15, -0.1) is 11.8 Å². The molecule has 0 aromatic heterocycles. The molecule has 21 heavy (non-hydrogen) atoms. The van der Waals surface area contributed by atoms with Crippen molar-refractivity contribution < 1.29 is 10.3 Å². The van der Waals surface area contributed by atoms with Crippen molar-refractivity contribution in [1.29, 1.82) is 0 Å². The van der Waals surface area contributed by atoms with Crippen LogP contribution in [-0.2, 0) is 0 Å². The summed E-state index contributed by atoms with van der Waals surface area (Å²) in [4.78, 5) is 3.31. The van der Waals surface area contributed by atoms with Crippen LogP contribution in [0.1, 0.15) is 25.3 Å². The summed E-state index contributed by atoms with van der Waals surface area (Å²) >= 11 is 1.69. The lowest BCUT2D eigenvalue weighted by Crippen LogP contribution is -2.25. The molecule has 1 atom stereocenters. The smallest absolute Gasteiger partial charge is 0.173 e. The average molecular weight is 309 g/mol. The van der Waals surface area contributed by atoms with E-state index in [1.807, 2.05) is 18.2 Å². The number of rotatable bonds is 6. The van der Waals surface area contributed by atoms with Gasteiger partial charge in [-0.2, -0.15) is 0 Å². The minimum atomic E-state index is 0.159. The molecule has 1 saturated heterocycles. The van der Waals surface area contributed by atoms with Gasteiger partial charge in [-0.3, -0.25) is 0 Å². The monoisotopic (exact) mass is 309 g/mol. The van der Waals surface area contributed by atoms with Crippen molar-refractivity contribution in [2.45, 2.75) is 24.7 Å². The Labute approximate surface area is 129 Å². The summed E-state index contributed by atoms with van der Waals surface area (Å²) in [5.74, 6) is 1.60. The molecule has 2 rings (SSSR count). The number of oxime groups is 1. The molecule has 1 aliphatic rings. The van der Waals surface area contributed by atoms with Gasteiger partial charge in [0.2, 0.25) is 0 Å². The number of benzene rings is 1. The first-order chi connectivity index (χ1) is 10.2. The van der Waals surface area contributed by atoms with Crippen molar-refractivity contribution in [2.75, 3.05) is 30.3 Å². The van der Waals surface area contributed by atoms with Crippen molar-refractivity contribution in [1.82, 2.24) is 0 Å². The van der Waals surface area contributed by atoms with E-state index in [1.54, 1.807) is 11.8 Å². The standard InChI is InChI=1S/C15H23N3O2S/c1-2-21-13-5-3-4-12(14(13)15(16)17-20)18-8-6-11(10-18)7-9-19/h3-5,11,19-20H,2,6-10H2,1H3,(H2,16,17). The molecule has 1 unspecified atom stereocenters. The predicted octanol–water partition coefficient (Wildman–Crippen LogP) is 2.10. The Morgan fingerprint density at radius 1 is 1.52 bits per heavy atom. The van der Waals surface area contributed by atoms with Gasteiger partial charge < -0.3 is 20.9 Å². The third kappa shape index (κ3) is 3.63. The van der Waals surface area contributed by atoms with E-state index in [1.165, 1.54) is 0 Å². The number of nitrogens with zero attached hydrogens (tertiary/aromatic N) is 2. The molecule has 1 heterocycles. The molecule has 1 aliphatic heterocycles. The molecule has 0 bridgehead atoms. The van der Waals surface area contributed by atoms with Gasteiger partial charge in [0.05, 0.1) is 5.56 Å². The Morgan fingerprint density at radius 3 is 3.00 bits per heavy atom. The topological polar surface area (TPSA) is 82.1 Å². The molecular weight excluding hydrogens is 286 g/mol. The summed E-state index contributed by atoms with van der Waals surface area (Å²) in [5, 5.41) is 21.4. The SMILES string of the molecule is CCSc1cccc(N2CCC(CCO)C2)c1/C(N)=N/O. The summed E-state index contributed by atoms with van der Waals surface area (Å²) in [6, 6.07) is 6.04. The van der Waals surface area contributed by atoms with Crippen molar-refractivity contribution in [3.8, 4) is 0 Å². The number of nitrogens with two attached hydrogens (primary N) is 1. The Kier molecular flexibility index (Phi) is 5.76. The Bertz CT molecular complexity index is 508. The fourth-order valence-corrected chi connectivity index (χ4v) is 3.68. The summed E-state index contributed by atoms with van der Waals surface area (Å²) in [7, 11) is 0. The van der Waals surface area contributed by atoms with Crippen LogP contribution in [-0.4, -0.2) is 41.6 Å². The second-order valence-electron chi connectivity index (χ2n) is 5.18. The minimum Gasteiger partial charge on any atom is -0.409 e. The lowest BCUT2D eigenvalue weighted by molar-refractivity contribution is 0.263. The normalized spacial score (nSPS) is 19.2. The van der Waals surface area contributed by atoms with E-state index in [-0.39, 0.29) is 12.4 Å². The zero-order valence-electron chi connectivity index (χ0n) is 12.3. The van der Waals surface area contributed by atoms with E-state index in [0.29, 0.717) is 5.92 Å². The summed E-state index contributed by atoms with van der Waals surface area (Å²) in [5.41, 5.74) is 7.74. The molecule has 6 heteroatoms. The van der Waals surface area contributed by atoms with E-state index in [2.05, 4.69) is 17.0 Å². The third-order valence-corrected chi connectivity index (χ3v) is 4.77. The van der Waals surface area contributed by atoms with E-state index < -0.39 is 0 Å². The number of anilines is 1. The first-order valence-corrected chi connectivity index (χ1v) is 8.29. The quantitative estimate of drug-likeness (QED) is 0.246. The zero-order chi connectivity index (χ0) is 15.2. The highest BCUT2D eigenvalue weighted by Gasteiger charge is 2.25. The number of thioether (sulfide) groups is 1. The van der Waals surface area contributed by atoms with Gasteiger partial charge in [0.15, 0.2) is 5.84 Å². The first-order valence-electron chi connectivity index (χ1n) is 7.30. The van der Waals surface area contributed by atoms with Crippen molar-refractivity contribution in [3.63, 3.8) is 0 Å². The lowest BCUT2D eigenvalue weighted by Gasteiger charge is -2.23. The number of aliphatic hydroxyl groups excluding tert-OH is 1. The number of hydrogen-bond donors (Lipinski definition) is 3. The maximum atomic E-state index is 9.09. The van der Waals surface area contributed by atoms with E-state index in [0.717, 1.165) is 47.8 Å². The molecule has 0 radical (unpaired) electrons. The Morgan fingerprint density at radius 2 is 2.33 bits per heavy atom. The lowest BCUT2D eigenvalue weighted by atomic mass is 10.1. The molecule has 4 N–H and O–H groups in total. The zero-order valence-corrected chi connectivity index (χ0v) is 13.1. The molecule has 1 aromatic carbocycles. The minimum absolute atomic E-state index is 0.159. The van der Waals surface area contributed by atoms with Gasteiger partial charge >= 0.3 is 0 Å². The van der Waals surface area contributed by atoms with Gasteiger partial charge in [0.1, 0.15) is 0 Å². The summed E-state index contributed by atoms with van der Waals surface area (Å²) < 4.78 is 0.